The van der Waals surface area contributed by atoms with Crippen molar-refractivity contribution in [3.63, 3.8) is 0 Å². The lowest BCUT2D eigenvalue weighted by atomic mass is 10.2. The molecule has 0 aliphatic heterocycles. The van der Waals surface area contributed by atoms with Crippen molar-refractivity contribution in [3.05, 3.63) is 21.9 Å². The van der Waals surface area contributed by atoms with E-state index < -0.39 is 12.0 Å². The third-order valence-corrected chi connectivity index (χ3v) is 2.12. The van der Waals surface area contributed by atoms with Crippen LogP contribution in [0.25, 0.3) is 0 Å². The third kappa shape index (κ3) is 1.82. The highest BCUT2D eigenvalue weighted by Crippen LogP contribution is 2.36. The van der Waals surface area contributed by atoms with E-state index in [-0.39, 0.29) is 11.4 Å². The summed E-state index contributed by atoms with van der Waals surface area (Å²) in [6, 6.07) is 1.59. The standard InChI is InChI=1S/C8H5BrF2N2O/c1-14-7-4(9)3-13-5(2-12)6(7)8(10)11/h3,8H,1H3. The van der Waals surface area contributed by atoms with Gasteiger partial charge in [-0.2, -0.15) is 5.26 Å². The van der Waals surface area contributed by atoms with E-state index in [4.69, 9.17) is 10.00 Å². The molecule has 74 valence electrons. The number of methoxy groups -OCH3 is 1. The molecule has 0 saturated heterocycles. The molecule has 6 heteroatoms. The largest absolute Gasteiger partial charge is 0.495 e. The Balaban J connectivity index is 3.46. The predicted molar refractivity (Wildman–Crippen MR) is 48.2 cm³/mol. The van der Waals surface area contributed by atoms with E-state index in [0.29, 0.717) is 4.47 Å². The van der Waals surface area contributed by atoms with Gasteiger partial charge in [0.25, 0.3) is 6.43 Å². The number of aromatic nitrogens is 1. The Hall–Kier alpha value is -1.22. The normalized spacial score (nSPS) is 10.0. The van der Waals surface area contributed by atoms with Gasteiger partial charge in [0.1, 0.15) is 11.8 Å². The Morgan fingerprint density at radius 1 is 1.64 bits per heavy atom. The Morgan fingerprint density at radius 2 is 2.29 bits per heavy atom. The Bertz CT molecular complexity index is 390. The van der Waals surface area contributed by atoms with Crippen LogP contribution in [0.1, 0.15) is 17.7 Å². The fraction of sp³-hybridized carbons (Fsp3) is 0.250. The number of nitriles is 1. The number of rotatable bonds is 2. The molecule has 1 rings (SSSR count). The van der Waals surface area contributed by atoms with Crippen molar-refractivity contribution < 1.29 is 13.5 Å². The van der Waals surface area contributed by atoms with Gasteiger partial charge in [-0.05, 0) is 15.9 Å². The van der Waals surface area contributed by atoms with E-state index in [1.165, 1.54) is 13.3 Å². The summed E-state index contributed by atoms with van der Waals surface area (Å²) in [6.07, 6.45) is -1.53. The van der Waals surface area contributed by atoms with Gasteiger partial charge in [-0.15, -0.1) is 0 Å². The minimum Gasteiger partial charge on any atom is -0.495 e. The number of nitrogens with zero attached hydrogens (tertiary/aromatic N) is 2. The number of alkyl halides is 2. The molecule has 0 spiro atoms. The second kappa shape index (κ2) is 4.33. The van der Waals surface area contributed by atoms with Crippen molar-refractivity contribution in [2.75, 3.05) is 7.11 Å². The fourth-order valence-corrected chi connectivity index (χ4v) is 1.46. The average Bonchev–Trinajstić information content (AvgIpc) is 2.17. The van der Waals surface area contributed by atoms with E-state index >= 15 is 0 Å². The highest BCUT2D eigenvalue weighted by Gasteiger charge is 2.22. The minimum absolute atomic E-state index is 0.0495. The second-order valence-corrected chi connectivity index (χ2v) is 3.17. The molecule has 0 unspecified atom stereocenters. The van der Waals surface area contributed by atoms with Gasteiger partial charge in [0, 0.05) is 6.20 Å². The fourth-order valence-electron chi connectivity index (χ4n) is 0.985. The van der Waals surface area contributed by atoms with E-state index in [1.807, 2.05) is 0 Å². The summed E-state index contributed by atoms with van der Waals surface area (Å²) in [5.41, 5.74) is -0.801. The van der Waals surface area contributed by atoms with Crippen LogP contribution in [0, 0.1) is 11.3 Å². The van der Waals surface area contributed by atoms with Gasteiger partial charge in [0.2, 0.25) is 0 Å². The van der Waals surface area contributed by atoms with Gasteiger partial charge in [0.15, 0.2) is 5.69 Å². The summed E-state index contributed by atoms with van der Waals surface area (Å²) < 4.78 is 30.2. The zero-order valence-electron chi connectivity index (χ0n) is 7.09. The van der Waals surface area contributed by atoms with Gasteiger partial charge < -0.3 is 4.74 Å². The molecule has 3 nitrogen and oxygen atoms in total. The molecule has 0 aliphatic rings. The summed E-state index contributed by atoms with van der Waals surface area (Å²) >= 11 is 3.01. The summed E-state index contributed by atoms with van der Waals surface area (Å²) in [4.78, 5) is 3.56. The number of ether oxygens (including phenoxy) is 1. The van der Waals surface area contributed by atoms with Gasteiger partial charge in [0.05, 0.1) is 17.1 Å². The van der Waals surface area contributed by atoms with Crippen molar-refractivity contribution in [2.24, 2.45) is 0 Å². The summed E-state index contributed by atoms with van der Waals surface area (Å²) in [7, 11) is 1.26. The van der Waals surface area contributed by atoms with Crippen molar-refractivity contribution >= 4 is 15.9 Å². The molecule has 0 radical (unpaired) electrons. The van der Waals surface area contributed by atoms with E-state index in [2.05, 4.69) is 20.9 Å². The van der Waals surface area contributed by atoms with Crippen LogP contribution in [0.15, 0.2) is 10.7 Å². The van der Waals surface area contributed by atoms with Gasteiger partial charge >= 0.3 is 0 Å². The maximum absolute atomic E-state index is 12.6. The number of pyridine rings is 1. The van der Waals surface area contributed by atoms with E-state index in [1.54, 1.807) is 6.07 Å². The first kappa shape index (κ1) is 10.9. The molecular formula is C8H5BrF2N2O. The molecule has 0 atom stereocenters. The van der Waals surface area contributed by atoms with Crippen LogP contribution < -0.4 is 4.74 Å². The molecule has 0 fully saturated rings. The molecule has 14 heavy (non-hydrogen) atoms. The third-order valence-electron chi connectivity index (χ3n) is 1.55. The highest BCUT2D eigenvalue weighted by atomic mass is 79.9. The zero-order valence-corrected chi connectivity index (χ0v) is 8.68. The molecule has 0 bridgehead atoms. The molecule has 1 heterocycles. The van der Waals surface area contributed by atoms with Gasteiger partial charge in [-0.1, -0.05) is 0 Å². The molecule has 1 aromatic rings. The Kier molecular flexibility index (Phi) is 3.36. The molecule has 0 aromatic carbocycles. The maximum Gasteiger partial charge on any atom is 0.270 e. The quantitative estimate of drug-likeness (QED) is 0.823. The van der Waals surface area contributed by atoms with Crippen LogP contribution >= 0.6 is 15.9 Å². The Labute approximate surface area is 87.5 Å². The maximum atomic E-state index is 12.6. The molecule has 0 N–H and O–H groups in total. The van der Waals surface area contributed by atoms with Gasteiger partial charge in [-0.25, -0.2) is 13.8 Å². The van der Waals surface area contributed by atoms with Crippen molar-refractivity contribution in [1.29, 1.82) is 5.26 Å². The Morgan fingerprint density at radius 3 is 2.71 bits per heavy atom. The first-order valence-corrected chi connectivity index (χ1v) is 4.31. The van der Waals surface area contributed by atoms with Gasteiger partial charge in [-0.3, -0.25) is 0 Å². The first-order chi connectivity index (χ1) is 6.61. The summed E-state index contributed by atoms with van der Waals surface area (Å²) in [5, 5.41) is 8.56. The van der Waals surface area contributed by atoms with Crippen molar-refractivity contribution in [1.82, 2.24) is 4.98 Å². The summed E-state index contributed by atoms with van der Waals surface area (Å²) in [5.74, 6) is -0.0495. The second-order valence-electron chi connectivity index (χ2n) is 2.31. The van der Waals surface area contributed by atoms with E-state index in [0.717, 1.165) is 0 Å². The molecule has 0 saturated carbocycles. The lowest BCUT2D eigenvalue weighted by molar-refractivity contribution is 0.146. The lowest BCUT2D eigenvalue weighted by Crippen LogP contribution is -1.99. The SMILES string of the molecule is COc1c(Br)cnc(C#N)c1C(F)F. The first-order valence-electron chi connectivity index (χ1n) is 3.52. The highest BCUT2D eigenvalue weighted by molar-refractivity contribution is 9.10. The predicted octanol–water partition coefficient (Wildman–Crippen LogP) is 2.66. The minimum atomic E-state index is -2.79. The van der Waals surface area contributed by atoms with Crippen LogP contribution in [-0.2, 0) is 0 Å². The smallest absolute Gasteiger partial charge is 0.270 e. The topological polar surface area (TPSA) is 45.9 Å². The molecule has 0 amide bonds. The van der Waals surface area contributed by atoms with Crippen molar-refractivity contribution in [3.8, 4) is 11.8 Å². The monoisotopic (exact) mass is 262 g/mol. The number of hydrogen-bond acceptors (Lipinski definition) is 3. The number of halogens is 3. The van der Waals surface area contributed by atoms with E-state index in [9.17, 15) is 8.78 Å². The molecule has 0 aliphatic carbocycles. The number of hydrogen-bond donors (Lipinski definition) is 0. The summed E-state index contributed by atoms with van der Waals surface area (Å²) in [6.45, 7) is 0. The van der Waals surface area contributed by atoms with Crippen LogP contribution in [0.5, 0.6) is 5.75 Å². The van der Waals surface area contributed by atoms with Crippen LogP contribution in [0.3, 0.4) is 0 Å². The average molecular weight is 263 g/mol. The zero-order chi connectivity index (χ0) is 10.7. The molecular weight excluding hydrogens is 258 g/mol. The van der Waals surface area contributed by atoms with Crippen LogP contribution in [0.2, 0.25) is 0 Å². The molecule has 1 aromatic heterocycles. The van der Waals surface area contributed by atoms with Crippen molar-refractivity contribution in [2.45, 2.75) is 6.43 Å². The van der Waals surface area contributed by atoms with Crippen LogP contribution in [-0.4, -0.2) is 12.1 Å². The van der Waals surface area contributed by atoms with Crippen LogP contribution in [0.4, 0.5) is 8.78 Å². The lowest BCUT2D eigenvalue weighted by Gasteiger charge is -2.09.